The van der Waals surface area contributed by atoms with Crippen LogP contribution in [0, 0.1) is 5.92 Å². The van der Waals surface area contributed by atoms with Crippen molar-refractivity contribution in [2.45, 2.75) is 32.9 Å². The standard InChI is InChI=1S/C13H16ClNO/c1-8(2)15-12(9(3)13(15)16)10-4-6-11(14)7-5-10/h4-9,12H,1-3H3/t9-,12+/m0/s1. The zero-order chi connectivity index (χ0) is 11.9. The Balaban J connectivity index is 2.26. The van der Waals surface area contributed by atoms with Gasteiger partial charge in [0.25, 0.3) is 0 Å². The van der Waals surface area contributed by atoms with Crippen molar-refractivity contribution < 1.29 is 4.79 Å². The number of hydrogen-bond donors (Lipinski definition) is 0. The maximum Gasteiger partial charge on any atom is 0.228 e. The molecule has 2 atom stereocenters. The van der Waals surface area contributed by atoms with Gasteiger partial charge in [0.1, 0.15) is 0 Å². The first-order valence-electron chi connectivity index (χ1n) is 5.60. The molecule has 1 heterocycles. The van der Waals surface area contributed by atoms with Gasteiger partial charge in [-0.15, -0.1) is 0 Å². The summed E-state index contributed by atoms with van der Waals surface area (Å²) >= 11 is 5.86. The van der Waals surface area contributed by atoms with E-state index < -0.39 is 0 Å². The second-order valence-corrected chi connectivity index (χ2v) is 5.06. The molecule has 1 aliphatic rings. The number of amides is 1. The van der Waals surface area contributed by atoms with Gasteiger partial charge in [0.05, 0.1) is 12.0 Å². The molecule has 0 unspecified atom stereocenters. The first-order valence-corrected chi connectivity index (χ1v) is 5.98. The van der Waals surface area contributed by atoms with Crippen LogP contribution in [-0.2, 0) is 4.79 Å². The Morgan fingerprint density at radius 3 is 2.31 bits per heavy atom. The molecule has 2 rings (SSSR count). The third-order valence-corrected chi connectivity index (χ3v) is 3.44. The smallest absolute Gasteiger partial charge is 0.228 e. The summed E-state index contributed by atoms with van der Waals surface area (Å²) in [6.45, 7) is 6.08. The molecular formula is C13H16ClNO. The van der Waals surface area contributed by atoms with Crippen LogP contribution in [0.3, 0.4) is 0 Å². The largest absolute Gasteiger partial charge is 0.332 e. The topological polar surface area (TPSA) is 20.3 Å². The van der Waals surface area contributed by atoms with Crippen LogP contribution in [0.4, 0.5) is 0 Å². The van der Waals surface area contributed by atoms with Crippen molar-refractivity contribution in [2.75, 3.05) is 0 Å². The molecule has 0 saturated carbocycles. The van der Waals surface area contributed by atoms with Gasteiger partial charge in [-0.25, -0.2) is 0 Å². The highest BCUT2D eigenvalue weighted by Gasteiger charge is 2.45. The summed E-state index contributed by atoms with van der Waals surface area (Å²) in [7, 11) is 0. The summed E-state index contributed by atoms with van der Waals surface area (Å²) in [6.07, 6.45) is 0. The molecule has 0 aromatic heterocycles. The van der Waals surface area contributed by atoms with Crippen LogP contribution < -0.4 is 0 Å². The van der Waals surface area contributed by atoms with Crippen molar-refractivity contribution in [2.24, 2.45) is 5.92 Å². The van der Waals surface area contributed by atoms with E-state index in [1.807, 2.05) is 49.9 Å². The molecule has 0 N–H and O–H groups in total. The zero-order valence-electron chi connectivity index (χ0n) is 9.77. The highest BCUT2D eigenvalue weighted by molar-refractivity contribution is 6.30. The minimum atomic E-state index is 0.0866. The van der Waals surface area contributed by atoms with Crippen molar-refractivity contribution >= 4 is 17.5 Å². The van der Waals surface area contributed by atoms with Gasteiger partial charge in [-0.05, 0) is 31.5 Å². The lowest BCUT2D eigenvalue weighted by Gasteiger charge is -2.48. The average molecular weight is 238 g/mol. The molecule has 1 amide bonds. The molecule has 16 heavy (non-hydrogen) atoms. The summed E-state index contributed by atoms with van der Waals surface area (Å²) in [6, 6.07) is 8.24. The Bertz CT molecular complexity index is 399. The molecule has 1 aromatic rings. The third-order valence-electron chi connectivity index (χ3n) is 3.19. The van der Waals surface area contributed by atoms with E-state index >= 15 is 0 Å². The molecule has 1 aliphatic heterocycles. The molecule has 1 saturated heterocycles. The lowest BCUT2D eigenvalue weighted by atomic mass is 9.82. The van der Waals surface area contributed by atoms with Crippen molar-refractivity contribution in [3.8, 4) is 0 Å². The highest BCUT2D eigenvalue weighted by atomic mass is 35.5. The van der Waals surface area contributed by atoms with Crippen molar-refractivity contribution in [1.82, 2.24) is 4.90 Å². The third kappa shape index (κ3) is 1.71. The summed E-state index contributed by atoms with van der Waals surface area (Å²) in [5.74, 6) is 0.332. The molecule has 1 fully saturated rings. The molecule has 86 valence electrons. The van der Waals surface area contributed by atoms with Crippen LogP contribution >= 0.6 is 11.6 Å². The van der Waals surface area contributed by atoms with Gasteiger partial charge in [-0.2, -0.15) is 0 Å². The van der Waals surface area contributed by atoms with E-state index in [-0.39, 0.29) is 23.9 Å². The van der Waals surface area contributed by atoms with E-state index in [4.69, 9.17) is 11.6 Å². The number of benzene rings is 1. The quantitative estimate of drug-likeness (QED) is 0.723. The Labute approximate surface area is 101 Å². The molecule has 0 spiro atoms. The molecule has 2 nitrogen and oxygen atoms in total. The fourth-order valence-corrected chi connectivity index (χ4v) is 2.48. The van der Waals surface area contributed by atoms with E-state index in [9.17, 15) is 4.79 Å². The number of carbonyl (C=O) groups excluding carboxylic acids is 1. The second kappa shape index (κ2) is 4.10. The molecule has 0 bridgehead atoms. The highest BCUT2D eigenvalue weighted by Crippen LogP contribution is 2.41. The van der Waals surface area contributed by atoms with E-state index in [0.29, 0.717) is 0 Å². The van der Waals surface area contributed by atoms with Gasteiger partial charge in [-0.1, -0.05) is 30.7 Å². The van der Waals surface area contributed by atoms with E-state index in [0.717, 1.165) is 5.02 Å². The average Bonchev–Trinajstić information content (AvgIpc) is 2.25. The molecule has 0 radical (unpaired) electrons. The summed E-state index contributed by atoms with van der Waals surface area (Å²) in [5, 5.41) is 0.734. The zero-order valence-corrected chi connectivity index (χ0v) is 10.5. The lowest BCUT2D eigenvalue weighted by molar-refractivity contribution is -0.158. The number of hydrogen-bond acceptors (Lipinski definition) is 1. The Kier molecular flexibility index (Phi) is 2.94. The van der Waals surface area contributed by atoms with Crippen LogP contribution in [0.15, 0.2) is 24.3 Å². The Hall–Kier alpha value is -1.02. The predicted octanol–water partition coefficient (Wildman–Crippen LogP) is 3.27. The van der Waals surface area contributed by atoms with E-state index in [1.165, 1.54) is 5.56 Å². The van der Waals surface area contributed by atoms with Gasteiger partial charge < -0.3 is 4.90 Å². The number of rotatable bonds is 2. The number of likely N-dealkylation sites (tertiary alicyclic amines) is 1. The monoisotopic (exact) mass is 237 g/mol. The first kappa shape index (κ1) is 11.5. The van der Waals surface area contributed by atoms with Crippen molar-refractivity contribution in [3.05, 3.63) is 34.9 Å². The SMILES string of the molecule is CC(C)N1C(=O)[C@@H](C)[C@@H]1c1ccc(Cl)cc1. The van der Waals surface area contributed by atoms with Crippen LogP contribution in [0.2, 0.25) is 5.02 Å². The maximum atomic E-state index is 11.8. The lowest BCUT2D eigenvalue weighted by Crippen LogP contribution is -2.56. The number of β-lactam (4-membered cyclic amide) rings is 1. The van der Waals surface area contributed by atoms with Gasteiger partial charge in [0.15, 0.2) is 0 Å². The summed E-state index contributed by atoms with van der Waals surface area (Å²) in [5.41, 5.74) is 1.17. The van der Waals surface area contributed by atoms with Gasteiger partial charge in [0, 0.05) is 11.1 Å². The maximum absolute atomic E-state index is 11.8. The minimum Gasteiger partial charge on any atom is -0.332 e. The summed E-state index contributed by atoms with van der Waals surface area (Å²) < 4.78 is 0. The normalized spacial score (nSPS) is 24.8. The number of carbonyl (C=O) groups is 1. The van der Waals surface area contributed by atoms with Gasteiger partial charge in [-0.3, -0.25) is 4.79 Å². The first-order chi connectivity index (χ1) is 7.52. The van der Waals surface area contributed by atoms with Gasteiger partial charge in [0.2, 0.25) is 5.91 Å². The van der Waals surface area contributed by atoms with Crippen LogP contribution in [0.25, 0.3) is 0 Å². The van der Waals surface area contributed by atoms with Crippen molar-refractivity contribution in [3.63, 3.8) is 0 Å². The predicted molar refractivity (Wildman–Crippen MR) is 65.3 cm³/mol. The molecule has 3 heteroatoms. The fraction of sp³-hybridized carbons (Fsp3) is 0.462. The summed E-state index contributed by atoms with van der Waals surface area (Å²) in [4.78, 5) is 13.7. The second-order valence-electron chi connectivity index (χ2n) is 4.62. The van der Waals surface area contributed by atoms with Crippen LogP contribution in [0.5, 0.6) is 0 Å². The van der Waals surface area contributed by atoms with Crippen LogP contribution in [-0.4, -0.2) is 16.8 Å². The van der Waals surface area contributed by atoms with E-state index in [2.05, 4.69) is 0 Å². The Morgan fingerprint density at radius 1 is 1.25 bits per heavy atom. The van der Waals surface area contributed by atoms with E-state index in [1.54, 1.807) is 0 Å². The van der Waals surface area contributed by atoms with Crippen molar-refractivity contribution in [1.29, 1.82) is 0 Å². The fourth-order valence-electron chi connectivity index (χ4n) is 2.35. The molecular weight excluding hydrogens is 222 g/mol. The number of halogens is 1. The molecule has 1 aromatic carbocycles. The minimum absolute atomic E-state index is 0.0866. The Morgan fingerprint density at radius 2 is 1.81 bits per heavy atom. The molecule has 0 aliphatic carbocycles. The van der Waals surface area contributed by atoms with Gasteiger partial charge >= 0.3 is 0 Å². The van der Waals surface area contributed by atoms with Crippen LogP contribution in [0.1, 0.15) is 32.4 Å². The number of nitrogens with zero attached hydrogens (tertiary/aromatic N) is 1.